The minimum Gasteiger partial charge on any atom is -0.490 e. The van der Waals surface area contributed by atoms with Crippen molar-refractivity contribution in [1.29, 1.82) is 0 Å². The van der Waals surface area contributed by atoms with E-state index in [0.29, 0.717) is 18.9 Å². The van der Waals surface area contributed by atoms with Crippen molar-refractivity contribution in [2.75, 3.05) is 44.2 Å². The van der Waals surface area contributed by atoms with Gasteiger partial charge in [0.15, 0.2) is 5.82 Å². The molecule has 0 spiro atoms. The number of amides is 1. The quantitative estimate of drug-likeness (QED) is 0.371. The summed E-state index contributed by atoms with van der Waals surface area (Å²) in [5.41, 5.74) is 4.19. The number of benzene rings is 3. The zero-order valence-electron chi connectivity index (χ0n) is 21.4. The predicted molar refractivity (Wildman–Crippen MR) is 151 cm³/mol. The number of hydrogen-bond acceptors (Lipinski definition) is 5. The van der Waals surface area contributed by atoms with Crippen LogP contribution in [0.5, 0.6) is 5.75 Å². The summed E-state index contributed by atoms with van der Waals surface area (Å²) in [4.78, 5) is 27.3. The Morgan fingerprint density at radius 1 is 0.921 bits per heavy atom. The molecule has 7 nitrogen and oxygen atoms in total. The predicted octanol–water partition coefficient (Wildman–Crippen LogP) is 5.22. The van der Waals surface area contributed by atoms with Gasteiger partial charge in [-0.05, 0) is 48.0 Å². The molecule has 8 heteroatoms. The van der Waals surface area contributed by atoms with Crippen LogP contribution in [0, 0.1) is 0 Å². The molecule has 2 saturated heterocycles. The maximum Gasteiger partial charge on any atom is 0.289 e. The molecule has 0 radical (unpaired) electrons. The molecule has 0 atom stereocenters. The van der Waals surface area contributed by atoms with Crippen molar-refractivity contribution in [3.05, 3.63) is 89.2 Å². The van der Waals surface area contributed by atoms with Gasteiger partial charge in [-0.2, -0.15) is 0 Å². The van der Waals surface area contributed by atoms with Gasteiger partial charge in [-0.3, -0.25) is 9.69 Å². The van der Waals surface area contributed by atoms with Crippen LogP contribution in [0.25, 0.3) is 11.0 Å². The van der Waals surface area contributed by atoms with Crippen LogP contribution in [0.3, 0.4) is 0 Å². The van der Waals surface area contributed by atoms with Crippen molar-refractivity contribution in [3.63, 3.8) is 0 Å². The average Bonchev–Trinajstić information content (AvgIpc) is 3.39. The average molecular weight is 530 g/mol. The second kappa shape index (κ2) is 11.1. The zero-order valence-corrected chi connectivity index (χ0v) is 22.1. The summed E-state index contributed by atoms with van der Waals surface area (Å²) in [5, 5.41) is 0.786. The van der Waals surface area contributed by atoms with Gasteiger partial charge < -0.3 is 19.5 Å². The topological polar surface area (TPSA) is 64.7 Å². The van der Waals surface area contributed by atoms with E-state index in [1.54, 1.807) is 0 Å². The molecule has 196 valence electrons. The first-order valence-corrected chi connectivity index (χ1v) is 13.7. The summed E-state index contributed by atoms with van der Waals surface area (Å²) in [5.74, 6) is 1.26. The Morgan fingerprint density at radius 2 is 1.68 bits per heavy atom. The molecule has 0 aliphatic carbocycles. The number of rotatable bonds is 6. The summed E-state index contributed by atoms with van der Waals surface area (Å²) in [6.07, 6.45) is 1.73. The van der Waals surface area contributed by atoms with Crippen LogP contribution in [0.4, 0.5) is 5.69 Å². The monoisotopic (exact) mass is 529 g/mol. The Hall–Kier alpha value is -3.55. The molecule has 6 rings (SSSR count). The van der Waals surface area contributed by atoms with Crippen molar-refractivity contribution in [3.8, 4) is 5.75 Å². The first kappa shape index (κ1) is 24.8. The summed E-state index contributed by atoms with van der Waals surface area (Å²) < 4.78 is 6.26. The highest BCUT2D eigenvalue weighted by molar-refractivity contribution is 6.30. The van der Waals surface area contributed by atoms with E-state index in [0.717, 1.165) is 67.4 Å². The fraction of sp³-hybridized carbons (Fsp3) is 0.333. The molecule has 3 heterocycles. The Kier molecular flexibility index (Phi) is 7.20. The molecule has 1 N–H and O–H groups in total. The van der Waals surface area contributed by atoms with E-state index in [4.69, 9.17) is 16.3 Å². The molecule has 0 saturated carbocycles. The highest BCUT2D eigenvalue weighted by Crippen LogP contribution is 2.23. The van der Waals surface area contributed by atoms with Crippen molar-refractivity contribution in [2.24, 2.45) is 0 Å². The standard InChI is InChI=1S/C30H32ClN5O2/c31-23-4-3-5-24(20-23)35-18-16-34(17-19-35)21-22-8-10-25(11-9-22)38-26-12-14-36(15-13-26)30(37)29-32-27-6-1-2-7-28(27)33-29/h1-11,20,26H,12-19,21H2,(H,32,33). The number of carbonyl (C=O) groups excluding carboxylic acids is 1. The number of fused-ring (bicyclic) bond motifs is 1. The first-order chi connectivity index (χ1) is 18.6. The second-order valence-corrected chi connectivity index (χ2v) is 10.5. The number of H-pyrrole nitrogens is 1. The lowest BCUT2D eigenvalue weighted by Gasteiger charge is -2.36. The number of piperidine rings is 1. The number of hydrogen-bond donors (Lipinski definition) is 1. The van der Waals surface area contributed by atoms with Crippen LogP contribution in [-0.4, -0.2) is 71.0 Å². The minimum absolute atomic E-state index is 0.0441. The van der Waals surface area contributed by atoms with E-state index >= 15 is 0 Å². The van der Waals surface area contributed by atoms with E-state index < -0.39 is 0 Å². The van der Waals surface area contributed by atoms with Gasteiger partial charge in [0, 0.05) is 69.4 Å². The molecule has 1 amide bonds. The molecule has 2 fully saturated rings. The third-order valence-electron chi connectivity index (χ3n) is 7.50. The number of carbonyl (C=O) groups is 1. The number of aromatic nitrogens is 2. The van der Waals surface area contributed by atoms with Crippen LogP contribution < -0.4 is 9.64 Å². The third-order valence-corrected chi connectivity index (χ3v) is 7.73. The molecule has 4 aromatic rings. The molecule has 3 aromatic carbocycles. The van der Waals surface area contributed by atoms with Crippen LogP contribution in [0.2, 0.25) is 5.02 Å². The van der Waals surface area contributed by atoms with E-state index in [1.165, 1.54) is 11.3 Å². The fourth-order valence-electron chi connectivity index (χ4n) is 5.34. The SMILES string of the molecule is O=C(c1nc2ccccc2[nH]1)N1CCC(Oc2ccc(CN3CCN(c4cccc(Cl)c4)CC3)cc2)CC1. The number of ether oxygens (including phenoxy) is 1. The van der Waals surface area contributed by atoms with Gasteiger partial charge in [-0.15, -0.1) is 0 Å². The van der Waals surface area contributed by atoms with Crippen LogP contribution in [0.15, 0.2) is 72.8 Å². The Morgan fingerprint density at radius 3 is 2.42 bits per heavy atom. The number of imidazole rings is 1. The normalized spacial score (nSPS) is 17.2. The fourth-order valence-corrected chi connectivity index (χ4v) is 5.53. The lowest BCUT2D eigenvalue weighted by molar-refractivity contribution is 0.0585. The number of halogens is 1. The highest BCUT2D eigenvalue weighted by atomic mass is 35.5. The Bertz CT molecular complexity index is 1360. The number of nitrogens with zero attached hydrogens (tertiary/aromatic N) is 4. The zero-order chi connectivity index (χ0) is 25.9. The first-order valence-electron chi connectivity index (χ1n) is 13.3. The molecule has 1 aromatic heterocycles. The smallest absolute Gasteiger partial charge is 0.289 e. The van der Waals surface area contributed by atoms with E-state index in [2.05, 4.69) is 50.1 Å². The van der Waals surface area contributed by atoms with Crippen LogP contribution >= 0.6 is 11.6 Å². The van der Waals surface area contributed by atoms with Gasteiger partial charge in [-0.1, -0.05) is 41.9 Å². The number of aromatic amines is 1. The number of anilines is 1. The van der Waals surface area contributed by atoms with Gasteiger partial charge >= 0.3 is 0 Å². The van der Waals surface area contributed by atoms with Gasteiger partial charge in [0.1, 0.15) is 11.9 Å². The molecule has 2 aliphatic heterocycles. The van der Waals surface area contributed by atoms with Gasteiger partial charge in [0.2, 0.25) is 0 Å². The number of likely N-dealkylation sites (tertiary alicyclic amines) is 1. The van der Waals surface area contributed by atoms with Crippen molar-refractivity contribution >= 4 is 34.2 Å². The lowest BCUT2D eigenvalue weighted by atomic mass is 10.1. The molecule has 2 aliphatic rings. The third kappa shape index (κ3) is 5.64. The molecular weight excluding hydrogens is 498 g/mol. The summed E-state index contributed by atoms with van der Waals surface area (Å²) >= 11 is 6.16. The second-order valence-electron chi connectivity index (χ2n) is 10.1. The maximum absolute atomic E-state index is 12.9. The van der Waals surface area contributed by atoms with E-state index in [9.17, 15) is 4.79 Å². The van der Waals surface area contributed by atoms with E-state index in [-0.39, 0.29) is 12.0 Å². The lowest BCUT2D eigenvalue weighted by Crippen LogP contribution is -2.45. The van der Waals surface area contributed by atoms with Crippen LogP contribution in [0.1, 0.15) is 29.0 Å². The summed E-state index contributed by atoms with van der Waals surface area (Å²) in [6.45, 7) is 6.32. The number of nitrogens with one attached hydrogen (secondary N) is 1. The number of para-hydroxylation sites is 2. The Labute approximate surface area is 228 Å². The van der Waals surface area contributed by atoms with Crippen molar-refractivity contribution < 1.29 is 9.53 Å². The molecule has 38 heavy (non-hydrogen) atoms. The Balaban J connectivity index is 0.959. The van der Waals surface area contributed by atoms with Gasteiger partial charge in [-0.25, -0.2) is 4.98 Å². The molecule has 0 unspecified atom stereocenters. The van der Waals surface area contributed by atoms with Crippen molar-refractivity contribution in [2.45, 2.75) is 25.5 Å². The van der Waals surface area contributed by atoms with Crippen molar-refractivity contribution in [1.82, 2.24) is 19.8 Å². The van der Waals surface area contributed by atoms with Gasteiger partial charge in [0.05, 0.1) is 11.0 Å². The number of piperazine rings is 1. The van der Waals surface area contributed by atoms with Crippen LogP contribution in [-0.2, 0) is 6.54 Å². The molecular formula is C30H32ClN5O2. The molecule has 0 bridgehead atoms. The highest BCUT2D eigenvalue weighted by Gasteiger charge is 2.26. The van der Waals surface area contributed by atoms with Gasteiger partial charge in [0.25, 0.3) is 5.91 Å². The van der Waals surface area contributed by atoms with E-state index in [1.807, 2.05) is 47.4 Å². The summed E-state index contributed by atoms with van der Waals surface area (Å²) in [6, 6.07) is 24.3. The maximum atomic E-state index is 12.9. The summed E-state index contributed by atoms with van der Waals surface area (Å²) in [7, 11) is 0. The largest absolute Gasteiger partial charge is 0.490 e. The minimum atomic E-state index is -0.0441.